The normalized spacial score (nSPS) is 12.8. The second-order valence-corrected chi connectivity index (χ2v) is 4.02. The molecule has 1 rings (SSSR count). The molecule has 0 bridgehead atoms. The molecule has 16 heavy (non-hydrogen) atoms. The van der Waals surface area contributed by atoms with E-state index >= 15 is 0 Å². The van der Waals surface area contributed by atoms with Gasteiger partial charge in [-0.25, -0.2) is 0 Å². The summed E-state index contributed by atoms with van der Waals surface area (Å²) in [6, 6.07) is 4.01. The Bertz CT molecular complexity index is 309. The van der Waals surface area contributed by atoms with Crippen LogP contribution in [0, 0.1) is 5.92 Å². The minimum atomic E-state index is -0.124. The van der Waals surface area contributed by atoms with E-state index in [1.807, 2.05) is 32.3 Å². The van der Waals surface area contributed by atoms with Gasteiger partial charge in [0.2, 0.25) is 0 Å². The van der Waals surface area contributed by atoms with Crippen molar-refractivity contribution in [1.82, 2.24) is 9.88 Å². The van der Waals surface area contributed by atoms with Crippen molar-refractivity contribution in [2.24, 2.45) is 5.92 Å². The Morgan fingerprint density at radius 3 is 2.88 bits per heavy atom. The van der Waals surface area contributed by atoms with Crippen LogP contribution in [0.1, 0.15) is 19.0 Å². The van der Waals surface area contributed by atoms with Crippen LogP contribution >= 0.6 is 0 Å². The molecular weight excluding hydrogens is 204 g/mol. The highest BCUT2D eigenvalue weighted by Crippen LogP contribution is 2.09. The van der Waals surface area contributed by atoms with Crippen LogP contribution in [0.25, 0.3) is 0 Å². The van der Waals surface area contributed by atoms with Gasteiger partial charge in [-0.1, -0.05) is 6.92 Å². The summed E-state index contributed by atoms with van der Waals surface area (Å²) < 4.78 is 4.77. The second kappa shape index (κ2) is 6.33. The quantitative estimate of drug-likeness (QED) is 0.747. The molecule has 0 amide bonds. The van der Waals surface area contributed by atoms with Gasteiger partial charge in [0.25, 0.3) is 0 Å². The summed E-state index contributed by atoms with van der Waals surface area (Å²) >= 11 is 0. The average molecular weight is 224 g/mol. The zero-order chi connectivity index (χ0) is 12.0. The highest BCUT2D eigenvalue weighted by atomic mass is 16.5. The first-order chi connectivity index (χ1) is 7.67. The number of carbonyl (C=O) groups is 1. The van der Waals surface area contributed by atoms with E-state index < -0.39 is 0 Å². The number of nitrogens with one attached hydrogen (secondary N) is 1. The van der Waals surface area contributed by atoms with Crippen LogP contribution in [0.3, 0.4) is 0 Å². The van der Waals surface area contributed by atoms with Gasteiger partial charge in [0.15, 0.2) is 0 Å². The molecular formula is C12H20N2O2. The Kier molecular flexibility index (Phi) is 5.05. The van der Waals surface area contributed by atoms with Gasteiger partial charge in [-0.2, -0.15) is 0 Å². The molecule has 1 heterocycles. The minimum Gasteiger partial charge on any atom is -0.469 e. The number of methoxy groups -OCH3 is 1. The van der Waals surface area contributed by atoms with Crippen LogP contribution in [0.15, 0.2) is 18.3 Å². The summed E-state index contributed by atoms with van der Waals surface area (Å²) in [7, 11) is 3.45. The van der Waals surface area contributed by atoms with E-state index in [0.29, 0.717) is 0 Å². The van der Waals surface area contributed by atoms with Gasteiger partial charge in [-0.15, -0.1) is 0 Å². The van der Waals surface area contributed by atoms with Gasteiger partial charge in [0.05, 0.1) is 13.0 Å². The van der Waals surface area contributed by atoms with E-state index in [-0.39, 0.29) is 11.9 Å². The lowest BCUT2D eigenvalue weighted by molar-refractivity contribution is -0.146. The molecule has 4 heteroatoms. The van der Waals surface area contributed by atoms with E-state index in [9.17, 15) is 4.79 Å². The highest BCUT2D eigenvalue weighted by Gasteiger charge is 2.18. The summed E-state index contributed by atoms with van der Waals surface area (Å²) in [4.78, 5) is 16.7. The summed E-state index contributed by atoms with van der Waals surface area (Å²) in [6.45, 7) is 3.55. The molecule has 0 spiro atoms. The predicted octanol–water partition coefficient (Wildman–Crippen LogP) is 1.65. The monoisotopic (exact) mass is 224 g/mol. The topological polar surface area (TPSA) is 45.3 Å². The highest BCUT2D eigenvalue weighted by molar-refractivity contribution is 5.72. The molecule has 0 saturated heterocycles. The van der Waals surface area contributed by atoms with E-state index in [2.05, 4.69) is 9.88 Å². The number of aromatic nitrogens is 1. The van der Waals surface area contributed by atoms with Crippen molar-refractivity contribution in [3.8, 4) is 0 Å². The van der Waals surface area contributed by atoms with Crippen LogP contribution in [-0.4, -0.2) is 36.6 Å². The zero-order valence-electron chi connectivity index (χ0n) is 10.2. The minimum absolute atomic E-state index is 0.0371. The molecule has 0 radical (unpaired) electrons. The maximum Gasteiger partial charge on any atom is 0.309 e. The van der Waals surface area contributed by atoms with Gasteiger partial charge >= 0.3 is 5.97 Å². The first kappa shape index (κ1) is 12.8. The van der Waals surface area contributed by atoms with E-state index in [4.69, 9.17) is 4.74 Å². The molecule has 1 atom stereocenters. The number of nitrogens with zero attached hydrogens (tertiary/aromatic N) is 1. The fourth-order valence-corrected chi connectivity index (χ4v) is 1.73. The number of esters is 1. The molecule has 0 aliphatic rings. The molecule has 4 nitrogen and oxygen atoms in total. The first-order valence-corrected chi connectivity index (χ1v) is 5.56. The van der Waals surface area contributed by atoms with Gasteiger partial charge < -0.3 is 9.72 Å². The third-order valence-corrected chi connectivity index (χ3v) is 2.66. The maximum atomic E-state index is 11.4. The van der Waals surface area contributed by atoms with Crippen LogP contribution in [0.2, 0.25) is 0 Å². The van der Waals surface area contributed by atoms with Crippen molar-refractivity contribution < 1.29 is 9.53 Å². The van der Waals surface area contributed by atoms with Crippen LogP contribution in [0.5, 0.6) is 0 Å². The van der Waals surface area contributed by atoms with E-state index in [1.165, 1.54) is 7.11 Å². The lowest BCUT2D eigenvalue weighted by Crippen LogP contribution is -2.30. The number of aromatic amines is 1. The van der Waals surface area contributed by atoms with Crippen molar-refractivity contribution in [2.75, 3.05) is 20.7 Å². The molecule has 0 saturated carbocycles. The third kappa shape index (κ3) is 3.70. The summed E-state index contributed by atoms with van der Waals surface area (Å²) in [5.41, 5.74) is 1.15. The fraction of sp³-hybridized carbons (Fsp3) is 0.583. The second-order valence-electron chi connectivity index (χ2n) is 4.02. The zero-order valence-corrected chi connectivity index (χ0v) is 10.2. The Morgan fingerprint density at radius 1 is 1.62 bits per heavy atom. The Hall–Kier alpha value is -1.29. The van der Waals surface area contributed by atoms with Crippen LogP contribution < -0.4 is 0 Å². The Labute approximate surface area is 96.6 Å². The SMILES string of the molecule is CCC(CN(C)Cc1ccc[nH]1)C(=O)OC. The average Bonchev–Trinajstić information content (AvgIpc) is 2.77. The predicted molar refractivity (Wildman–Crippen MR) is 62.9 cm³/mol. The smallest absolute Gasteiger partial charge is 0.309 e. The molecule has 0 aliphatic carbocycles. The number of hydrogen-bond acceptors (Lipinski definition) is 3. The molecule has 1 unspecified atom stereocenters. The third-order valence-electron chi connectivity index (χ3n) is 2.66. The van der Waals surface area contributed by atoms with Gasteiger partial charge in [0, 0.05) is 25.0 Å². The van der Waals surface area contributed by atoms with E-state index in [1.54, 1.807) is 0 Å². The van der Waals surface area contributed by atoms with Gasteiger partial charge in [-0.05, 0) is 25.6 Å². The molecule has 1 N–H and O–H groups in total. The van der Waals surface area contributed by atoms with Crippen LogP contribution in [0.4, 0.5) is 0 Å². The number of rotatable bonds is 6. The molecule has 0 aromatic carbocycles. The molecule has 1 aromatic heterocycles. The molecule has 0 aliphatic heterocycles. The molecule has 1 aromatic rings. The maximum absolute atomic E-state index is 11.4. The Balaban J connectivity index is 2.43. The van der Waals surface area contributed by atoms with Crippen molar-refractivity contribution in [2.45, 2.75) is 19.9 Å². The van der Waals surface area contributed by atoms with Crippen molar-refractivity contribution in [1.29, 1.82) is 0 Å². The number of ether oxygens (including phenoxy) is 1. The standard InChI is InChI=1S/C12H20N2O2/c1-4-10(12(15)16-3)8-14(2)9-11-6-5-7-13-11/h5-7,10,13H,4,8-9H2,1-3H3. The lowest BCUT2D eigenvalue weighted by atomic mass is 10.1. The molecule has 90 valence electrons. The largest absolute Gasteiger partial charge is 0.469 e. The van der Waals surface area contributed by atoms with Crippen molar-refractivity contribution in [3.63, 3.8) is 0 Å². The fourth-order valence-electron chi connectivity index (χ4n) is 1.73. The summed E-state index contributed by atoms with van der Waals surface area (Å²) in [5.74, 6) is -0.161. The van der Waals surface area contributed by atoms with Crippen molar-refractivity contribution >= 4 is 5.97 Å². The first-order valence-electron chi connectivity index (χ1n) is 5.56. The number of H-pyrrole nitrogens is 1. The lowest BCUT2D eigenvalue weighted by Gasteiger charge is -2.20. The van der Waals surface area contributed by atoms with Gasteiger partial charge in [0.1, 0.15) is 0 Å². The Morgan fingerprint density at radius 2 is 2.38 bits per heavy atom. The van der Waals surface area contributed by atoms with Crippen molar-refractivity contribution in [3.05, 3.63) is 24.0 Å². The summed E-state index contributed by atoms with van der Waals surface area (Å²) in [6.07, 6.45) is 2.71. The van der Waals surface area contributed by atoms with Crippen LogP contribution in [-0.2, 0) is 16.1 Å². The number of hydrogen-bond donors (Lipinski definition) is 1. The van der Waals surface area contributed by atoms with Gasteiger partial charge in [-0.3, -0.25) is 9.69 Å². The number of carbonyl (C=O) groups excluding carboxylic acids is 1. The molecule has 0 fully saturated rings. The summed E-state index contributed by atoms with van der Waals surface area (Å²) in [5, 5.41) is 0. The van der Waals surface area contributed by atoms with E-state index in [0.717, 1.165) is 25.2 Å².